The molecule has 0 radical (unpaired) electrons. The summed E-state index contributed by atoms with van der Waals surface area (Å²) in [6.07, 6.45) is -3.65. The molecule has 0 bridgehead atoms. The fourth-order valence-electron chi connectivity index (χ4n) is 2.82. The van der Waals surface area contributed by atoms with Crippen molar-refractivity contribution in [2.24, 2.45) is 0 Å². The molecule has 1 aromatic heterocycles. The van der Waals surface area contributed by atoms with Crippen molar-refractivity contribution in [3.05, 3.63) is 22.7 Å². The van der Waals surface area contributed by atoms with E-state index in [1.54, 1.807) is 19.0 Å². The highest BCUT2D eigenvalue weighted by Crippen LogP contribution is 2.80. The van der Waals surface area contributed by atoms with Crippen molar-refractivity contribution in [3.8, 4) is 0 Å². The van der Waals surface area contributed by atoms with Gasteiger partial charge in [0.05, 0.1) is 6.61 Å². The van der Waals surface area contributed by atoms with Crippen molar-refractivity contribution in [2.45, 2.75) is 24.5 Å². The topological polar surface area (TPSA) is 205 Å². The van der Waals surface area contributed by atoms with Crippen LogP contribution in [0.5, 0.6) is 0 Å². The smallest absolute Gasteiger partial charge is 0.387 e. The molecule has 2 aliphatic heterocycles. The Morgan fingerprint density at radius 2 is 1.81 bits per heavy atom. The van der Waals surface area contributed by atoms with Crippen LogP contribution in [0.2, 0.25) is 0 Å². The first-order valence-electron chi connectivity index (χ1n) is 8.43. The van der Waals surface area contributed by atoms with Crippen LogP contribution < -0.4 is 10.6 Å². The molecule has 0 saturated carbocycles. The number of hydrogen-bond donors (Lipinski definition) is 3. The third-order valence-electron chi connectivity index (χ3n) is 4.14. The number of phosphoric acid groups is 3. The second-order valence-corrected chi connectivity index (χ2v) is 11.5. The standard InChI is InChI=1S/C12H20N3O13P3/c1-14(2)8-4-5-15(12(17)13-8)11-10(23-3)9(16)7(25-11)6-24-31(22)27-29(18,19)26-30(20,21)28-31/h4-5,7,9-11,16H,6H2,1-3H3,(H,18,19)(H,20,21)/t7-,9+,10+,11-/m1/s1. The van der Waals surface area contributed by atoms with Crippen molar-refractivity contribution >= 4 is 29.3 Å². The van der Waals surface area contributed by atoms with Gasteiger partial charge in [0.25, 0.3) is 0 Å². The quantitative estimate of drug-likeness (QED) is 0.432. The van der Waals surface area contributed by atoms with E-state index in [-0.39, 0.29) is 0 Å². The highest BCUT2D eigenvalue weighted by Gasteiger charge is 2.55. The van der Waals surface area contributed by atoms with E-state index in [4.69, 9.17) is 14.0 Å². The van der Waals surface area contributed by atoms with E-state index in [0.717, 1.165) is 4.57 Å². The van der Waals surface area contributed by atoms with Gasteiger partial charge < -0.3 is 29.3 Å². The molecular weight excluding hydrogens is 487 g/mol. The van der Waals surface area contributed by atoms with Crippen LogP contribution in [0.25, 0.3) is 0 Å². The van der Waals surface area contributed by atoms with Gasteiger partial charge >= 0.3 is 29.2 Å². The fraction of sp³-hybridized carbons (Fsp3) is 0.667. The second kappa shape index (κ2) is 8.75. The van der Waals surface area contributed by atoms with Gasteiger partial charge in [-0.25, -0.2) is 18.5 Å². The predicted octanol–water partition coefficient (Wildman–Crippen LogP) is -0.0285. The Hall–Kier alpha value is -0.990. The number of hydrogen-bond acceptors (Lipinski definition) is 13. The molecule has 2 saturated heterocycles. The van der Waals surface area contributed by atoms with Gasteiger partial charge in [0, 0.05) is 27.4 Å². The molecule has 2 fully saturated rings. The Labute approximate surface area is 175 Å². The summed E-state index contributed by atoms with van der Waals surface area (Å²) in [6.45, 7) is -0.799. The molecule has 6 atom stereocenters. The maximum absolute atomic E-state index is 12.4. The average Bonchev–Trinajstić information content (AvgIpc) is 2.92. The van der Waals surface area contributed by atoms with Gasteiger partial charge in [0.15, 0.2) is 6.23 Å². The first-order chi connectivity index (χ1) is 14.3. The zero-order chi connectivity index (χ0) is 23.2. The summed E-state index contributed by atoms with van der Waals surface area (Å²) < 4.78 is 63.9. The lowest BCUT2D eigenvalue weighted by Gasteiger charge is -2.27. The number of aliphatic hydroxyl groups excluding tert-OH is 1. The Kier molecular flexibility index (Phi) is 6.95. The van der Waals surface area contributed by atoms with Gasteiger partial charge in [-0.1, -0.05) is 0 Å². The van der Waals surface area contributed by atoms with E-state index in [0.29, 0.717) is 5.82 Å². The molecule has 19 heteroatoms. The third-order valence-corrected chi connectivity index (χ3v) is 9.51. The van der Waals surface area contributed by atoms with Gasteiger partial charge in [0.2, 0.25) is 0 Å². The zero-order valence-electron chi connectivity index (χ0n) is 16.3. The SMILES string of the molecule is CO[C@H]1[C@@H](O)[C@@H](COP2(=O)OP(=O)(O)OP(=O)(O)O2)O[C@H]1n1ccc(N(C)C)nc1=O. The molecule has 3 rings (SSSR count). The minimum Gasteiger partial charge on any atom is -0.387 e. The molecule has 176 valence electrons. The van der Waals surface area contributed by atoms with E-state index in [9.17, 15) is 33.4 Å². The maximum atomic E-state index is 12.4. The first kappa shape index (κ1) is 24.6. The molecule has 31 heavy (non-hydrogen) atoms. The molecule has 0 aliphatic carbocycles. The van der Waals surface area contributed by atoms with Crippen LogP contribution >= 0.6 is 23.5 Å². The summed E-state index contributed by atoms with van der Waals surface area (Å²) in [7, 11) is -10.9. The van der Waals surface area contributed by atoms with E-state index in [1.807, 2.05) is 0 Å². The van der Waals surface area contributed by atoms with Crippen LogP contribution in [0.15, 0.2) is 17.1 Å². The number of ether oxygens (including phenoxy) is 2. The summed E-state index contributed by atoms with van der Waals surface area (Å²) in [5.41, 5.74) is -0.710. The number of aliphatic hydroxyl groups is 1. The number of anilines is 1. The molecule has 3 N–H and O–H groups in total. The molecule has 2 unspecified atom stereocenters. The van der Waals surface area contributed by atoms with Crippen molar-refractivity contribution in [2.75, 3.05) is 32.7 Å². The zero-order valence-corrected chi connectivity index (χ0v) is 19.0. The molecular formula is C12H20N3O13P3. The Balaban J connectivity index is 1.77. The monoisotopic (exact) mass is 507 g/mol. The van der Waals surface area contributed by atoms with E-state index < -0.39 is 60.3 Å². The van der Waals surface area contributed by atoms with Crippen LogP contribution in [0, 0.1) is 0 Å². The van der Waals surface area contributed by atoms with Gasteiger partial charge in [-0.3, -0.25) is 9.09 Å². The molecule has 2 aliphatic rings. The molecule has 1 aromatic rings. The lowest BCUT2D eigenvalue weighted by atomic mass is 10.1. The largest absolute Gasteiger partial charge is 0.492 e. The van der Waals surface area contributed by atoms with Gasteiger partial charge in [0.1, 0.15) is 24.1 Å². The van der Waals surface area contributed by atoms with Gasteiger partial charge in [-0.15, -0.1) is 0 Å². The van der Waals surface area contributed by atoms with Gasteiger partial charge in [-0.2, -0.15) is 17.9 Å². The van der Waals surface area contributed by atoms with Gasteiger partial charge in [-0.05, 0) is 6.07 Å². The fourth-order valence-corrected chi connectivity index (χ4v) is 7.76. The Morgan fingerprint density at radius 1 is 1.19 bits per heavy atom. The lowest BCUT2D eigenvalue weighted by Crippen LogP contribution is -2.37. The predicted molar refractivity (Wildman–Crippen MR) is 100 cm³/mol. The van der Waals surface area contributed by atoms with Crippen molar-refractivity contribution < 1.29 is 55.5 Å². The van der Waals surface area contributed by atoms with Crippen LogP contribution in [-0.4, -0.2) is 70.6 Å². The second-order valence-electron chi connectivity index (χ2n) is 6.55. The minimum absolute atomic E-state index is 0.377. The first-order valence-corrected chi connectivity index (χ1v) is 12.9. The van der Waals surface area contributed by atoms with Crippen LogP contribution in [0.4, 0.5) is 5.82 Å². The number of methoxy groups -OCH3 is 1. The molecule has 16 nitrogen and oxygen atoms in total. The number of nitrogens with zero attached hydrogens (tertiary/aromatic N) is 3. The summed E-state index contributed by atoms with van der Waals surface area (Å²) >= 11 is 0. The maximum Gasteiger partial charge on any atom is 0.492 e. The van der Waals surface area contributed by atoms with Crippen molar-refractivity contribution in [3.63, 3.8) is 0 Å². The Morgan fingerprint density at radius 3 is 2.32 bits per heavy atom. The number of aromatic nitrogens is 2. The van der Waals surface area contributed by atoms with E-state index in [1.165, 1.54) is 19.4 Å². The highest BCUT2D eigenvalue weighted by atomic mass is 31.3. The minimum atomic E-state index is -5.22. The Bertz CT molecular complexity index is 1000. The normalized spacial score (nSPS) is 40.7. The van der Waals surface area contributed by atoms with Crippen molar-refractivity contribution in [1.29, 1.82) is 0 Å². The summed E-state index contributed by atoms with van der Waals surface area (Å²) in [6, 6.07) is 1.52. The highest BCUT2D eigenvalue weighted by molar-refractivity contribution is 7.74. The summed E-state index contributed by atoms with van der Waals surface area (Å²) in [4.78, 5) is 36.3. The molecule has 3 heterocycles. The lowest BCUT2D eigenvalue weighted by molar-refractivity contribution is -0.0621. The molecule has 0 spiro atoms. The van der Waals surface area contributed by atoms with Crippen LogP contribution in [0.3, 0.4) is 0 Å². The van der Waals surface area contributed by atoms with Crippen LogP contribution in [0.1, 0.15) is 6.23 Å². The van der Waals surface area contributed by atoms with E-state index in [2.05, 4.69) is 17.9 Å². The van der Waals surface area contributed by atoms with E-state index >= 15 is 0 Å². The molecule has 0 aromatic carbocycles. The summed E-state index contributed by atoms with van der Waals surface area (Å²) in [5.74, 6) is 0.377. The van der Waals surface area contributed by atoms with Crippen LogP contribution in [-0.2, 0) is 40.6 Å². The third kappa shape index (κ3) is 5.50. The molecule has 0 amide bonds. The van der Waals surface area contributed by atoms with Crippen molar-refractivity contribution in [1.82, 2.24) is 9.55 Å². The summed E-state index contributed by atoms with van der Waals surface area (Å²) in [5, 5.41) is 10.5. The average molecular weight is 507 g/mol. The number of rotatable bonds is 6.